The molecule has 1 N–H and O–H groups in total. The van der Waals surface area contributed by atoms with Crippen LogP contribution in [0.4, 0.5) is 10.1 Å². The number of carbonyl (C=O) groups excluding carboxylic acids is 1. The Kier molecular flexibility index (Phi) is 5.95. The minimum atomic E-state index is -0.919. The molecule has 0 spiro atoms. The summed E-state index contributed by atoms with van der Waals surface area (Å²) in [7, 11) is 1.72. The van der Waals surface area contributed by atoms with Crippen LogP contribution in [0.15, 0.2) is 18.2 Å². The molecule has 1 aromatic rings. The minimum absolute atomic E-state index is 0.0155. The lowest BCUT2D eigenvalue weighted by atomic mass is 10.1. The van der Waals surface area contributed by atoms with E-state index in [-0.39, 0.29) is 18.0 Å². The molecule has 0 fully saturated rings. The Labute approximate surface area is 119 Å². The average Bonchev–Trinajstić information content (AvgIpc) is 2.39. The van der Waals surface area contributed by atoms with Gasteiger partial charge in [-0.05, 0) is 32.9 Å². The zero-order valence-electron chi connectivity index (χ0n) is 12.6. The Morgan fingerprint density at radius 2 is 1.95 bits per heavy atom. The second-order valence-electron chi connectivity index (χ2n) is 4.77. The van der Waals surface area contributed by atoms with Gasteiger partial charge in [0.25, 0.3) is 0 Å². The summed E-state index contributed by atoms with van der Waals surface area (Å²) in [6.07, 6.45) is -0.919. The third kappa shape index (κ3) is 3.70. The van der Waals surface area contributed by atoms with Crippen molar-refractivity contribution in [3.05, 3.63) is 29.6 Å². The maximum atomic E-state index is 13.8. The van der Waals surface area contributed by atoms with Crippen LogP contribution in [-0.2, 0) is 4.79 Å². The normalized spacial score (nSPS) is 12.1. The Balaban J connectivity index is 2.96. The van der Waals surface area contributed by atoms with Crippen molar-refractivity contribution in [2.24, 2.45) is 0 Å². The second-order valence-corrected chi connectivity index (χ2v) is 4.77. The SMILES string of the molecule is CCN(CC)C(=O)CN(C)c1cccc(F)c1[C@H](C)O. The van der Waals surface area contributed by atoms with E-state index in [4.69, 9.17) is 0 Å². The molecule has 0 aromatic heterocycles. The number of nitrogens with zero attached hydrogens (tertiary/aromatic N) is 2. The molecule has 0 aliphatic heterocycles. The Hall–Kier alpha value is -1.62. The summed E-state index contributed by atoms with van der Waals surface area (Å²) in [6.45, 7) is 6.81. The zero-order chi connectivity index (χ0) is 15.3. The maximum absolute atomic E-state index is 13.8. The number of rotatable bonds is 6. The highest BCUT2D eigenvalue weighted by Crippen LogP contribution is 2.28. The molecule has 0 saturated carbocycles. The summed E-state index contributed by atoms with van der Waals surface area (Å²) in [5, 5.41) is 9.71. The van der Waals surface area contributed by atoms with Crippen molar-refractivity contribution in [3.63, 3.8) is 0 Å². The molecule has 112 valence electrons. The van der Waals surface area contributed by atoms with Crippen LogP contribution in [0, 0.1) is 5.82 Å². The summed E-state index contributed by atoms with van der Waals surface area (Å²) >= 11 is 0. The summed E-state index contributed by atoms with van der Waals surface area (Å²) in [4.78, 5) is 15.5. The molecule has 0 saturated heterocycles. The maximum Gasteiger partial charge on any atom is 0.242 e. The topological polar surface area (TPSA) is 43.8 Å². The summed E-state index contributed by atoms with van der Waals surface area (Å²) in [5.41, 5.74) is 0.767. The van der Waals surface area contributed by atoms with E-state index in [1.54, 1.807) is 29.0 Å². The number of hydrogen-bond donors (Lipinski definition) is 1. The lowest BCUT2D eigenvalue weighted by molar-refractivity contribution is -0.129. The first-order valence-electron chi connectivity index (χ1n) is 6.87. The van der Waals surface area contributed by atoms with Crippen molar-refractivity contribution >= 4 is 11.6 Å². The van der Waals surface area contributed by atoms with Crippen LogP contribution in [0.25, 0.3) is 0 Å². The van der Waals surface area contributed by atoms with E-state index in [0.717, 1.165) is 0 Å². The highest BCUT2D eigenvalue weighted by Gasteiger charge is 2.19. The first kappa shape index (κ1) is 16.4. The lowest BCUT2D eigenvalue weighted by Gasteiger charge is -2.26. The lowest BCUT2D eigenvalue weighted by Crippen LogP contribution is -2.39. The number of aliphatic hydroxyl groups excluding tert-OH is 1. The third-order valence-electron chi connectivity index (χ3n) is 3.35. The van der Waals surface area contributed by atoms with Gasteiger partial charge in [-0.3, -0.25) is 4.79 Å². The number of aliphatic hydroxyl groups is 1. The predicted molar refractivity (Wildman–Crippen MR) is 78.2 cm³/mol. The molecule has 0 radical (unpaired) electrons. The van der Waals surface area contributed by atoms with Crippen LogP contribution in [0.3, 0.4) is 0 Å². The van der Waals surface area contributed by atoms with E-state index in [1.165, 1.54) is 13.0 Å². The van der Waals surface area contributed by atoms with Crippen LogP contribution < -0.4 is 4.90 Å². The first-order valence-corrected chi connectivity index (χ1v) is 6.87. The molecule has 1 amide bonds. The summed E-state index contributed by atoms with van der Waals surface area (Å²) in [6, 6.07) is 4.60. The standard InChI is InChI=1S/C15H23FN2O2/c1-5-18(6-2)14(20)10-17(4)13-9-7-8-12(16)15(13)11(3)19/h7-9,11,19H,5-6,10H2,1-4H3/t11-/m0/s1. The van der Waals surface area contributed by atoms with Gasteiger partial charge < -0.3 is 14.9 Å². The molecular weight excluding hydrogens is 259 g/mol. The highest BCUT2D eigenvalue weighted by atomic mass is 19.1. The van der Waals surface area contributed by atoms with Gasteiger partial charge in [0.05, 0.1) is 12.6 Å². The fourth-order valence-electron chi connectivity index (χ4n) is 2.24. The van der Waals surface area contributed by atoms with E-state index in [2.05, 4.69) is 0 Å². The van der Waals surface area contributed by atoms with Gasteiger partial charge in [-0.25, -0.2) is 4.39 Å². The fraction of sp³-hybridized carbons (Fsp3) is 0.533. The van der Waals surface area contributed by atoms with Gasteiger partial charge in [0, 0.05) is 31.4 Å². The predicted octanol–water partition coefficient (Wildman–Crippen LogP) is 2.18. The molecular formula is C15H23FN2O2. The van der Waals surface area contributed by atoms with Gasteiger partial charge in [-0.1, -0.05) is 6.07 Å². The number of anilines is 1. The van der Waals surface area contributed by atoms with Crippen LogP contribution in [0.5, 0.6) is 0 Å². The number of carbonyl (C=O) groups is 1. The smallest absolute Gasteiger partial charge is 0.242 e. The van der Waals surface area contributed by atoms with E-state index in [0.29, 0.717) is 18.8 Å². The molecule has 0 aliphatic carbocycles. The zero-order valence-corrected chi connectivity index (χ0v) is 12.6. The van der Waals surface area contributed by atoms with Gasteiger partial charge in [0.2, 0.25) is 5.91 Å². The molecule has 5 heteroatoms. The monoisotopic (exact) mass is 282 g/mol. The second kappa shape index (κ2) is 7.24. The minimum Gasteiger partial charge on any atom is -0.389 e. The molecule has 1 aromatic carbocycles. The van der Waals surface area contributed by atoms with Gasteiger partial charge in [0.1, 0.15) is 5.82 Å². The van der Waals surface area contributed by atoms with Gasteiger partial charge in [0.15, 0.2) is 0 Å². The van der Waals surface area contributed by atoms with Gasteiger partial charge in [-0.15, -0.1) is 0 Å². The van der Waals surface area contributed by atoms with E-state index in [9.17, 15) is 14.3 Å². The first-order chi connectivity index (χ1) is 9.42. The van der Waals surface area contributed by atoms with E-state index in [1.807, 2.05) is 13.8 Å². The summed E-state index contributed by atoms with van der Waals surface area (Å²) in [5.74, 6) is -0.474. The number of likely N-dealkylation sites (N-methyl/N-ethyl adjacent to an activating group) is 2. The van der Waals surface area contributed by atoms with Crippen LogP contribution in [-0.4, -0.2) is 42.6 Å². The van der Waals surface area contributed by atoms with E-state index < -0.39 is 11.9 Å². The van der Waals surface area contributed by atoms with Crippen molar-refractivity contribution in [2.75, 3.05) is 31.6 Å². The number of amides is 1. The van der Waals surface area contributed by atoms with E-state index >= 15 is 0 Å². The fourth-order valence-corrected chi connectivity index (χ4v) is 2.24. The number of benzene rings is 1. The van der Waals surface area contributed by atoms with Gasteiger partial charge in [-0.2, -0.15) is 0 Å². The Morgan fingerprint density at radius 3 is 2.45 bits per heavy atom. The Bertz CT molecular complexity index is 459. The highest BCUT2D eigenvalue weighted by molar-refractivity contribution is 5.81. The number of hydrogen-bond acceptors (Lipinski definition) is 3. The molecule has 0 heterocycles. The van der Waals surface area contributed by atoms with Crippen molar-refractivity contribution in [3.8, 4) is 0 Å². The molecule has 0 bridgehead atoms. The van der Waals surface area contributed by atoms with Crippen LogP contribution >= 0.6 is 0 Å². The molecule has 20 heavy (non-hydrogen) atoms. The molecule has 0 unspecified atom stereocenters. The quantitative estimate of drug-likeness (QED) is 0.870. The van der Waals surface area contributed by atoms with Crippen LogP contribution in [0.1, 0.15) is 32.4 Å². The molecule has 4 nitrogen and oxygen atoms in total. The molecule has 1 atom stereocenters. The average molecular weight is 282 g/mol. The van der Waals surface area contributed by atoms with Crippen molar-refractivity contribution in [2.45, 2.75) is 26.9 Å². The largest absolute Gasteiger partial charge is 0.389 e. The van der Waals surface area contributed by atoms with Crippen molar-refractivity contribution < 1.29 is 14.3 Å². The van der Waals surface area contributed by atoms with Gasteiger partial charge >= 0.3 is 0 Å². The van der Waals surface area contributed by atoms with Crippen molar-refractivity contribution in [1.29, 1.82) is 0 Å². The third-order valence-corrected chi connectivity index (χ3v) is 3.35. The molecule has 1 rings (SSSR count). The number of halogens is 1. The summed E-state index contributed by atoms with van der Waals surface area (Å²) < 4.78 is 13.8. The van der Waals surface area contributed by atoms with Crippen molar-refractivity contribution in [1.82, 2.24) is 4.90 Å². The van der Waals surface area contributed by atoms with Crippen LogP contribution in [0.2, 0.25) is 0 Å². The molecule has 0 aliphatic rings. The Morgan fingerprint density at radius 1 is 1.35 bits per heavy atom.